The molecule has 1 aromatic rings. The van der Waals surface area contributed by atoms with Crippen LogP contribution in [-0.2, 0) is 10.0 Å². The number of sulfonamides is 1. The van der Waals surface area contributed by atoms with Gasteiger partial charge in [0.15, 0.2) is 5.69 Å². The number of hydrogen-bond acceptors (Lipinski definition) is 5. The van der Waals surface area contributed by atoms with Crippen molar-refractivity contribution < 1.29 is 13.5 Å². The number of nitrogens with zero attached hydrogens (tertiary/aromatic N) is 2. The average molecular weight is 255 g/mol. The highest BCUT2D eigenvalue weighted by molar-refractivity contribution is 7.89. The number of pyridine rings is 1. The van der Waals surface area contributed by atoms with Crippen LogP contribution in [0.1, 0.15) is 19.0 Å². The van der Waals surface area contributed by atoms with Crippen LogP contribution in [-0.4, -0.2) is 31.2 Å². The van der Waals surface area contributed by atoms with E-state index in [0.29, 0.717) is 6.42 Å². The van der Waals surface area contributed by atoms with Gasteiger partial charge in [0.05, 0.1) is 0 Å². The van der Waals surface area contributed by atoms with E-state index < -0.39 is 16.1 Å². The molecule has 7 heteroatoms. The summed E-state index contributed by atoms with van der Waals surface area (Å²) in [5.41, 5.74) is -0.142. The Hall–Kier alpha value is -1.49. The first-order chi connectivity index (χ1) is 8.01. The molecule has 17 heavy (non-hydrogen) atoms. The Bertz CT molecular complexity index is 522. The third-order valence-corrected chi connectivity index (χ3v) is 3.71. The minimum Gasteiger partial charge on any atom is -0.396 e. The zero-order valence-electron chi connectivity index (χ0n) is 9.29. The van der Waals surface area contributed by atoms with Gasteiger partial charge < -0.3 is 5.11 Å². The summed E-state index contributed by atoms with van der Waals surface area (Å²) >= 11 is 0. The largest absolute Gasteiger partial charge is 0.396 e. The molecule has 0 aliphatic carbocycles. The first kappa shape index (κ1) is 13.6. The van der Waals surface area contributed by atoms with Crippen molar-refractivity contribution >= 4 is 10.0 Å². The van der Waals surface area contributed by atoms with Crippen molar-refractivity contribution in [3.05, 3.63) is 24.0 Å². The number of aliphatic hydroxyl groups excluding tert-OH is 1. The number of rotatable bonds is 5. The molecule has 0 amide bonds. The van der Waals surface area contributed by atoms with Crippen LogP contribution in [0.2, 0.25) is 0 Å². The number of aliphatic hydroxyl groups is 1. The van der Waals surface area contributed by atoms with Crippen LogP contribution in [0.4, 0.5) is 0 Å². The molecule has 1 atom stereocenters. The summed E-state index contributed by atoms with van der Waals surface area (Å²) in [6.45, 7) is 1.53. The monoisotopic (exact) mass is 255 g/mol. The fourth-order valence-corrected chi connectivity index (χ4v) is 2.66. The summed E-state index contributed by atoms with van der Waals surface area (Å²) in [5.74, 6) is 0. The minimum atomic E-state index is -3.77. The molecule has 0 saturated carbocycles. The molecule has 2 N–H and O–H groups in total. The summed E-state index contributed by atoms with van der Waals surface area (Å²) in [4.78, 5) is 3.54. The van der Waals surface area contributed by atoms with Crippen LogP contribution in [0, 0.1) is 11.3 Å². The lowest BCUT2D eigenvalue weighted by atomic mass is 10.3. The van der Waals surface area contributed by atoms with Crippen molar-refractivity contribution in [1.29, 1.82) is 5.26 Å². The smallest absolute Gasteiger partial charge is 0.243 e. The van der Waals surface area contributed by atoms with E-state index in [2.05, 4.69) is 9.71 Å². The van der Waals surface area contributed by atoms with Crippen LogP contribution in [0.5, 0.6) is 0 Å². The Morgan fingerprint density at radius 1 is 1.65 bits per heavy atom. The zero-order chi connectivity index (χ0) is 12.9. The van der Waals surface area contributed by atoms with Gasteiger partial charge in [-0.05, 0) is 25.5 Å². The van der Waals surface area contributed by atoms with Crippen molar-refractivity contribution in [1.82, 2.24) is 9.71 Å². The molecule has 0 aromatic carbocycles. The fraction of sp³-hybridized carbons (Fsp3) is 0.400. The van der Waals surface area contributed by atoms with E-state index in [4.69, 9.17) is 10.4 Å². The van der Waals surface area contributed by atoms with Crippen molar-refractivity contribution in [2.75, 3.05) is 6.61 Å². The first-order valence-electron chi connectivity index (χ1n) is 4.99. The van der Waals surface area contributed by atoms with Gasteiger partial charge in [0, 0.05) is 18.8 Å². The van der Waals surface area contributed by atoms with Gasteiger partial charge in [-0.1, -0.05) is 0 Å². The molecule has 0 fully saturated rings. The molecule has 0 bridgehead atoms. The fourth-order valence-electron chi connectivity index (χ4n) is 1.27. The molecule has 1 heterocycles. The molecule has 0 saturated heterocycles. The van der Waals surface area contributed by atoms with Gasteiger partial charge in [-0.2, -0.15) is 5.26 Å². The predicted octanol–water partition coefficient (Wildman–Crippen LogP) is 0.00248. The van der Waals surface area contributed by atoms with Gasteiger partial charge in [0.1, 0.15) is 11.0 Å². The van der Waals surface area contributed by atoms with Crippen LogP contribution >= 0.6 is 0 Å². The summed E-state index contributed by atoms with van der Waals surface area (Å²) in [6, 6.07) is 4.09. The van der Waals surface area contributed by atoms with E-state index >= 15 is 0 Å². The number of nitrogens with one attached hydrogen (secondary N) is 1. The molecule has 0 radical (unpaired) electrons. The normalized spacial score (nSPS) is 13.0. The van der Waals surface area contributed by atoms with Crippen LogP contribution < -0.4 is 4.72 Å². The summed E-state index contributed by atoms with van der Waals surface area (Å²) in [7, 11) is -3.77. The van der Waals surface area contributed by atoms with Crippen LogP contribution in [0.25, 0.3) is 0 Å². The molecular weight excluding hydrogens is 242 g/mol. The number of hydrogen-bond donors (Lipinski definition) is 2. The SMILES string of the molecule is CC(CCO)NS(=O)(=O)c1cccnc1C#N. The summed E-state index contributed by atoms with van der Waals surface area (Å²) in [5, 5.41) is 17.5. The van der Waals surface area contributed by atoms with E-state index in [1.807, 2.05) is 0 Å². The maximum atomic E-state index is 11.9. The summed E-state index contributed by atoms with van der Waals surface area (Å²) in [6.07, 6.45) is 1.66. The third kappa shape index (κ3) is 3.49. The molecule has 1 unspecified atom stereocenters. The molecule has 0 aliphatic heterocycles. The number of aromatic nitrogens is 1. The van der Waals surface area contributed by atoms with E-state index in [9.17, 15) is 8.42 Å². The molecular formula is C10H13N3O3S. The minimum absolute atomic E-state index is 0.109. The van der Waals surface area contributed by atoms with Crippen LogP contribution in [0.15, 0.2) is 23.2 Å². The van der Waals surface area contributed by atoms with Gasteiger partial charge in [-0.3, -0.25) is 0 Å². The Morgan fingerprint density at radius 3 is 2.94 bits per heavy atom. The van der Waals surface area contributed by atoms with Gasteiger partial charge in [0.25, 0.3) is 0 Å². The second-order valence-corrected chi connectivity index (χ2v) is 5.18. The maximum Gasteiger partial charge on any atom is 0.243 e. The summed E-state index contributed by atoms with van der Waals surface area (Å²) < 4.78 is 26.2. The molecule has 1 rings (SSSR count). The van der Waals surface area contributed by atoms with Crippen molar-refractivity contribution in [2.24, 2.45) is 0 Å². The quantitative estimate of drug-likeness (QED) is 0.771. The zero-order valence-corrected chi connectivity index (χ0v) is 10.1. The Morgan fingerprint density at radius 2 is 2.35 bits per heavy atom. The van der Waals surface area contributed by atoms with Gasteiger partial charge in [-0.15, -0.1) is 0 Å². The average Bonchev–Trinajstić information content (AvgIpc) is 2.28. The highest BCUT2D eigenvalue weighted by atomic mass is 32.2. The van der Waals surface area contributed by atoms with E-state index in [1.165, 1.54) is 18.3 Å². The maximum absolute atomic E-state index is 11.9. The van der Waals surface area contributed by atoms with E-state index in [-0.39, 0.29) is 17.2 Å². The molecule has 92 valence electrons. The lowest BCUT2D eigenvalue weighted by Crippen LogP contribution is -2.33. The molecule has 0 aliphatic rings. The topological polar surface area (TPSA) is 103 Å². The third-order valence-electron chi connectivity index (χ3n) is 2.08. The van der Waals surface area contributed by atoms with E-state index in [1.54, 1.807) is 13.0 Å². The Labute approximate surface area is 100.0 Å². The Balaban J connectivity index is 3.02. The second kappa shape index (κ2) is 5.72. The van der Waals surface area contributed by atoms with E-state index in [0.717, 1.165) is 0 Å². The van der Waals surface area contributed by atoms with Crippen molar-refractivity contribution in [3.8, 4) is 6.07 Å². The lowest BCUT2D eigenvalue weighted by Gasteiger charge is -2.13. The molecule has 1 aromatic heterocycles. The van der Waals surface area contributed by atoms with Crippen molar-refractivity contribution in [2.45, 2.75) is 24.3 Å². The Kier molecular flexibility index (Phi) is 4.57. The van der Waals surface area contributed by atoms with Crippen LogP contribution in [0.3, 0.4) is 0 Å². The van der Waals surface area contributed by atoms with Crippen molar-refractivity contribution in [3.63, 3.8) is 0 Å². The first-order valence-corrected chi connectivity index (χ1v) is 6.48. The van der Waals surface area contributed by atoms with Gasteiger partial charge >= 0.3 is 0 Å². The predicted molar refractivity (Wildman–Crippen MR) is 60.4 cm³/mol. The van der Waals surface area contributed by atoms with Gasteiger partial charge in [-0.25, -0.2) is 18.1 Å². The molecule has 0 spiro atoms. The standard InChI is InChI=1S/C10H13N3O3S/c1-8(4-6-14)13-17(15,16)10-3-2-5-12-9(10)7-11/h2-3,5,8,13-14H,4,6H2,1H3. The number of nitriles is 1. The lowest BCUT2D eigenvalue weighted by molar-refractivity contribution is 0.275. The highest BCUT2D eigenvalue weighted by Gasteiger charge is 2.21. The highest BCUT2D eigenvalue weighted by Crippen LogP contribution is 2.12. The second-order valence-electron chi connectivity index (χ2n) is 3.50. The van der Waals surface area contributed by atoms with Gasteiger partial charge in [0.2, 0.25) is 10.0 Å². The molecule has 6 nitrogen and oxygen atoms in total.